The summed E-state index contributed by atoms with van der Waals surface area (Å²) in [5.74, 6) is 1.39. The summed E-state index contributed by atoms with van der Waals surface area (Å²) in [6.45, 7) is 3.95. The van der Waals surface area contributed by atoms with Crippen molar-refractivity contribution in [3.8, 4) is 0 Å². The van der Waals surface area contributed by atoms with E-state index >= 15 is 0 Å². The van der Waals surface area contributed by atoms with Crippen LogP contribution in [0.5, 0.6) is 0 Å². The Morgan fingerprint density at radius 1 is 1.24 bits per heavy atom. The fraction of sp³-hybridized carbons (Fsp3) is 0.231. The third-order valence-corrected chi connectivity index (χ3v) is 2.66. The Bertz CT molecular complexity index is 506. The summed E-state index contributed by atoms with van der Waals surface area (Å²) in [5, 5.41) is 3.72. The molecule has 2 aromatic rings. The number of para-hydroxylation sites is 1. The van der Waals surface area contributed by atoms with Gasteiger partial charge >= 0.3 is 0 Å². The highest BCUT2D eigenvalue weighted by Gasteiger charge is 2.03. The van der Waals surface area contributed by atoms with Gasteiger partial charge in [0.1, 0.15) is 16.8 Å². The number of aromatic nitrogens is 2. The summed E-state index contributed by atoms with van der Waals surface area (Å²) in [6.07, 6.45) is 0.973. The van der Waals surface area contributed by atoms with E-state index in [4.69, 9.17) is 11.6 Å². The molecule has 1 aromatic heterocycles. The molecule has 3 nitrogen and oxygen atoms in total. The molecule has 1 aromatic carbocycles. The summed E-state index contributed by atoms with van der Waals surface area (Å²) < 4.78 is 0. The maximum atomic E-state index is 5.90. The molecule has 0 atom stereocenters. The van der Waals surface area contributed by atoms with Crippen molar-refractivity contribution in [2.24, 2.45) is 0 Å². The fourth-order valence-electron chi connectivity index (χ4n) is 1.68. The normalized spacial score (nSPS) is 10.3. The minimum Gasteiger partial charge on any atom is -0.340 e. The van der Waals surface area contributed by atoms with E-state index in [2.05, 4.69) is 28.3 Å². The van der Waals surface area contributed by atoms with Crippen LogP contribution >= 0.6 is 11.6 Å². The molecule has 1 N–H and O–H groups in total. The number of hydrogen-bond acceptors (Lipinski definition) is 3. The SMILES string of the molecule is CCc1ccccc1Nc1cc(Cl)nc(C)n1. The second-order valence-electron chi connectivity index (χ2n) is 3.76. The predicted molar refractivity (Wildman–Crippen MR) is 70.9 cm³/mol. The van der Waals surface area contributed by atoms with Gasteiger partial charge in [-0.1, -0.05) is 36.7 Å². The highest BCUT2D eigenvalue weighted by molar-refractivity contribution is 6.29. The molecule has 0 aliphatic heterocycles. The lowest BCUT2D eigenvalue weighted by atomic mass is 10.1. The molecular formula is C13H14ClN3. The monoisotopic (exact) mass is 247 g/mol. The summed E-state index contributed by atoms with van der Waals surface area (Å²) in [5.41, 5.74) is 2.31. The van der Waals surface area contributed by atoms with Crippen LogP contribution in [-0.4, -0.2) is 9.97 Å². The van der Waals surface area contributed by atoms with Crippen LogP contribution in [-0.2, 0) is 6.42 Å². The van der Waals surface area contributed by atoms with Crippen molar-refractivity contribution in [2.75, 3.05) is 5.32 Å². The molecule has 0 radical (unpaired) electrons. The molecule has 0 spiro atoms. The second-order valence-corrected chi connectivity index (χ2v) is 4.15. The largest absolute Gasteiger partial charge is 0.340 e. The third-order valence-electron chi connectivity index (χ3n) is 2.47. The molecule has 17 heavy (non-hydrogen) atoms. The van der Waals surface area contributed by atoms with Crippen molar-refractivity contribution in [2.45, 2.75) is 20.3 Å². The van der Waals surface area contributed by atoms with E-state index in [1.54, 1.807) is 6.07 Å². The zero-order chi connectivity index (χ0) is 12.3. The van der Waals surface area contributed by atoms with E-state index < -0.39 is 0 Å². The van der Waals surface area contributed by atoms with Crippen LogP contribution < -0.4 is 5.32 Å². The van der Waals surface area contributed by atoms with E-state index in [1.165, 1.54) is 5.56 Å². The Morgan fingerprint density at radius 3 is 2.71 bits per heavy atom. The van der Waals surface area contributed by atoms with Gasteiger partial charge in [-0.15, -0.1) is 0 Å². The number of benzene rings is 1. The van der Waals surface area contributed by atoms with Crippen molar-refractivity contribution in [3.63, 3.8) is 0 Å². The summed E-state index contributed by atoms with van der Waals surface area (Å²) in [6, 6.07) is 9.88. The smallest absolute Gasteiger partial charge is 0.135 e. The van der Waals surface area contributed by atoms with Crippen LogP contribution in [0, 0.1) is 6.92 Å². The molecule has 88 valence electrons. The topological polar surface area (TPSA) is 37.8 Å². The first-order chi connectivity index (χ1) is 8.19. The van der Waals surface area contributed by atoms with Gasteiger partial charge in [0.05, 0.1) is 0 Å². The van der Waals surface area contributed by atoms with Gasteiger partial charge in [0.25, 0.3) is 0 Å². The highest BCUT2D eigenvalue weighted by Crippen LogP contribution is 2.21. The molecule has 0 unspecified atom stereocenters. The molecule has 0 fully saturated rings. The molecule has 0 bridgehead atoms. The van der Waals surface area contributed by atoms with E-state index in [9.17, 15) is 0 Å². The van der Waals surface area contributed by atoms with Gasteiger partial charge in [-0.3, -0.25) is 0 Å². The molecule has 1 heterocycles. The number of anilines is 2. The van der Waals surface area contributed by atoms with E-state index in [1.807, 2.05) is 25.1 Å². The van der Waals surface area contributed by atoms with Gasteiger partial charge in [0, 0.05) is 11.8 Å². The zero-order valence-electron chi connectivity index (χ0n) is 9.87. The third kappa shape index (κ3) is 2.94. The maximum absolute atomic E-state index is 5.90. The lowest BCUT2D eigenvalue weighted by Gasteiger charge is -2.10. The number of halogens is 1. The van der Waals surface area contributed by atoms with Crippen molar-refractivity contribution < 1.29 is 0 Å². The van der Waals surface area contributed by atoms with Crippen LogP contribution in [0.25, 0.3) is 0 Å². The first-order valence-corrected chi connectivity index (χ1v) is 5.93. The first-order valence-electron chi connectivity index (χ1n) is 5.55. The van der Waals surface area contributed by atoms with E-state index in [0.717, 1.165) is 17.9 Å². The predicted octanol–water partition coefficient (Wildman–Crippen LogP) is 3.74. The minimum absolute atomic E-state index is 0.453. The van der Waals surface area contributed by atoms with Gasteiger partial charge in [-0.05, 0) is 25.0 Å². The lowest BCUT2D eigenvalue weighted by molar-refractivity contribution is 1.05. The standard InChI is InChI=1S/C13H14ClN3/c1-3-10-6-4-5-7-11(10)17-13-8-12(14)15-9(2)16-13/h4-8H,3H2,1-2H3,(H,15,16,17). The summed E-state index contributed by atoms with van der Waals surface area (Å²) >= 11 is 5.90. The Labute approximate surface area is 106 Å². The molecular weight excluding hydrogens is 234 g/mol. The van der Waals surface area contributed by atoms with Crippen LogP contribution in [0.2, 0.25) is 5.15 Å². The minimum atomic E-state index is 0.453. The average Bonchev–Trinajstić information content (AvgIpc) is 2.28. The molecule has 2 rings (SSSR count). The summed E-state index contributed by atoms with van der Waals surface area (Å²) in [4.78, 5) is 8.33. The number of rotatable bonds is 3. The lowest BCUT2D eigenvalue weighted by Crippen LogP contribution is -1.99. The maximum Gasteiger partial charge on any atom is 0.135 e. The molecule has 0 saturated heterocycles. The van der Waals surface area contributed by atoms with Gasteiger partial charge < -0.3 is 5.32 Å². The molecule has 4 heteroatoms. The Balaban J connectivity index is 2.31. The highest BCUT2D eigenvalue weighted by atomic mass is 35.5. The quantitative estimate of drug-likeness (QED) is 0.840. The van der Waals surface area contributed by atoms with E-state index in [-0.39, 0.29) is 0 Å². The molecule has 0 aliphatic rings. The summed E-state index contributed by atoms with van der Waals surface area (Å²) in [7, 11) is 0. The fourth-order valence-corrected chi connectivity index (χ4v) is 1.91. The van der Waals surface area contributed by atoms with Gasteiger partial charge in [0.2, 0.25) is 0 Å². The van der Waals surface area contributed by atoms with Crippen molar-refractivity contribution in [1.29, 1.82) is 0 Å². The second kappa shape index (κ2) is 5.15. The van der Waals surface area contributed by atoms with Crippen molar-refractivity contribution >= 4 is 23.1 Å². The Hall–Kier alpha value is -1.61. The van der Waals surface area contributed by atoms with Crippen LogP contribution in [0.3, 0.4) is 0 Å². The van der Waals surface area contributed by atoms with Crippen LogP contribution in [0.4, 0.5) is 11.5 Å². The molecule has 0 amide bonds. The van der Waals surface area contributed by atoms with Crippen LogP contribution in [0.15, 0.2) is 30.3 Å². The van der Waals surface area contributed by atoms with Crippen molar-refractivity contribution in [3.05, 3.63) is 46.9 Å². The molecule has 0 aliphatic carbocycles. The Morgan fingerprint density at radius 2 is 2.00 bits per heavy atom. The van der Waals surface area contributed by atoms with Crippen molar-refractivity contribution in [1.82, 2.24) is 9.97 Å². The average molecular weight is 248 g/mol. The number of nitrogens with zero attached hydrogens (tertiary/aromatic N) is 2. The number of hydrogen-bond donors (Lipinski definition) is 1. The van der Waals surface area contributed by atoms with Crippen LogP contribution in [0.1, 0.15) is 18.3 Å². The van der Waals surface area contributed by atoms with Gasteiger partial charge in [-0.25, -0.2) is 9.97 Å². The van der Waals surface area contributed by atoms with Gasteiger partial charge in [-0.2, -0.15) is 0 Å². The number of nitrogens with one attached hydrogen (secondary N) is 1. The molecule has 0 saturated carbocycles. The zero-order valence-corrected chi connectivity index (χ0v) is 10.6. The van der Waals surface area contributed by atoms with Gasteiger partial charge in [0.15, 0.2) is 0 Å². The first kappa shape index (κ1) is 11.9. The number of aryl methyl sites for hydroxylation is 2. The Kier molecular flexibility index (Phi) is 3.59. The van der Waals surface area contributed by atoms with E-state index in [0.29, 0.717) is 11.0 Å².